The van der Waals surface area contributed by atoms with E-state index >= 15 is 0 Å². The predicted octanol–water partition coefficient (Wildman–Crippen LogP) is 4.82. The first kappa shape index (κ1) is 19.4. The molecule has 0 N–H and O–H groups in total. The molecule has 0 spiro atoms. The Morgan fingerprint density at radius 1 is 1.33 bits per heavy atom. The van der Waals surface area contributed by atoms with Crippen LogP contribution in [-0.4, -0.2) is 26.0 Å². The minimum atomic E-state index is -0.606. The molecule has 3 aromatic rings. The lowest BCUT2D eigenvalue weighted by molar-refractivity contribution is -0.402. The number of furan rings is 1. The van der Waals surface area contributed by atoms with E-state index in [1.165, 1.54) is 30.1 Å². The Bertz CT molecular complexity index is 1000. The molecule has 2 aromatic heterocycles. The Morgan fingerprint density at radius 2 is 2.15 bits per heavy atom. The highest BCUT2D eigenvalue weighted by molar-refractivity contribution is 7.98. The van der Waals surface area contributed by atoms with E-state index in [0.29, 0.717) is 33.2 Å². The second-order valence-electron chi connectivity index (χ2n) is 5.27. The quantitative estimate of drug-likeness (QED) is 0.232. The van der Waals surface area contributed by atoms with Gasteiger partial charge in [-0.15, -0.1) is 10.2 Å². The lowest BCUT2D eigenvalue weighted by atomic mass is 10.2. The van der Waals surface area contributed by atoms with Crippen LogP contribution in [-0.2, 0) is 12.2 Å². The standard InChI is InChI=1S/C16H13Cl2N5O3S/c1-2-14-20-21-16(27-9-10-3-4-11(17)7-13(10)18)22(14)19-8-12-5-6-15(26-12)23(24)25/h3-8H,2,9H2,1H3/b19-8-. The second-order valence-corrected chi connectivity index (χ2v) is 7.05. The summed E-state index contributed by atoms with van der Waals surface area (Å²) >= 11 is 13.5. The lowest BCUT2D eigenvalue weighted by Crippen LogP contribution is -1.99. The van der Waals surface area contributed by atoms with Gasteiger partial charge in [0.15, 0.2) is 11.6 Å². The van der Waals surface area contributed by atoms with Crippen molar-refractivity contribution in [1.82, 2.24) is 14.9 Å². The Kier molecular flexibility index (Phi) is 6.15. The van der Waals surface area contributed by atoms with Crippen molar-refractivity contribution in [1.29, 1.82) is 0 Å². The molecule has 8 nitrogen and oxygen atoms in total. The van der Waals surface area contributed by atoms with Crippen LogP contribution < -0.4 is 0 Å². The van der Waals surface area contributed by atoms with Gasteiger partial charge in [0.25, 0.3) is 0 Å². The summed E-state index contributed by atoms with van der Waals surface area (Å²) < 4.78 is 6.65. The van der Waals surface area contributed by atoms with Gasteiger partial charge in [0.05, 0.1) is 12.3 Å². The average Bonchev–Trinajstić information content (AvgIpc) is 3.26. The molecule has 2 heterocycles. The number of hydrogen-bond donors (Lipinski definition) is 0. The topological polar surface area (TPSA) is 99.3 Å². The molecule has 0 unspecified atom stereocenters. The van der Waals surface area contributed by atoms with Crippen LogP contribution in [0.5, 0.6) is 0 Å². The van der Waals surface area contributed by atoms with E-state index < -0.39 is 4.92 Å². The zero-order valence-corrected chi connectivity index (χ0v) is 16.3. The van der Waals surface area contributed by atoms with Crippen molar-refractivity contribution in [2.75, 3.05) is 0 Å². The molecular weight excluding hydrogens is 413 g/mol. The van der Waals surface area contributed by atoms with Crippen LogP contribution >= 0.6 is 35.0 Å². The second kappa shape index (κ2) is 8.55. The van der Waals surface area contributed by atoms with Gasteiger partial charge >= 0.3 is 5.88 Å². The maximum Gasteiger partial charge on any atom is 0.433 e. The zero-order valence-electron chi connectivity index (χ0n) is 14.0. The number of benzene rings is 1. The summed E-state index contributed by atoms with van der Waals surface area (Å²) in [6.45, 7) is 1.93. The molecular formula is C16H13Cl2N5O3S. The number of hydrogen-bond acceptors (Lipinski definition) is 7. The molecule has 0 bridgehead atoms. The molecule has 0 saturated carbocycles. The number of aryl methyl sites for hydroxylation is 1. The average molecular weight is 426 g/mol. The van der Waals surface area contributed by atoms with Crippen LogP contribution in [0.3, 0.4) is 0 Å². The summed E-state index contributed by atoms with van der Waals surface area (Å²) in [7, 11) is 0. The van der Waals surface area contributed by atoms with Gasteiger partial charge in [-0.1, -0.05) is 48.0 Å². The monoisotopic (exact) mass is 425 g/mol. The summed E-state index contributed by atoms with van der Waals surface area (Å²) in [5.41, 5.74) is 0.907. The van der Waals surface area contributed by atoms with Crippen molar-refractivity contribution in [2.45, 2.75) is 24.3 Å². The molecule has 0 aliphatic rings. The number of thioether (sulfide) groups is 1. The SMILES string of the molecule is CCc1nnc(SCc2ccc(Cl)cc2Cl)n1/N=C\c1ccc([N+](=O)[O-])o1. The fourth-order valence-corrected chi connectivity index (χ4v) is 3.59. The minimum absolute atomic E-state index is 0.258. The van der Waals surface area contributed by atoms with Crippen LogP contribution in [0.15, 0.2) is 45.0 Å². The van der Waals surface area contributed by atoms with E-state index in [0.717, 1.165) is 5.56 Å². The first-order chi connectivity index (χ1) is 13.0. The van der Waals surface area contributed by atoms with E-state index in [4.69, 9.17) is 27.6 Å². The lowest BCUT2D eigenvalue weighted by Gasteiger charge is -2.05. The van der Waals surface area contributed by atoms with E-state index in [-0.39, 0.29) is 11.6 Å². The fraction of sp³-hybridized carbons (Fsp3) is 0.188. The number of aromatic nitrogens is 3. The van der Waals surface area contributed by atoms with Crippen LogP contribution in [0.2, 0.25) is 10.0 Å². The van der Waals surface area contributed by atoms with Gasteiger partial charge in [0, 0.05) is 22.2 Å². The van der Waals surface area contributed by atoms with Crippen molar-refractivity contribution < 1.29 is 9.34 Å². The number of rotatable bonds is 7. The summed E-state index contributed by atoms with van der Waals surface area (Å²) in [6.07, 6.45) is 2.00. The van der Waals surface area contributed by atoms with Crippen molar-refractivity contribution >= 4 is 47.1 Å². The molecule has 0 radical (unpaired) electrons. The Balaban J connectivity index is 1.79. The van der Waals surface area contributed by atoms with E-state index in [1.54, 1.807) is 16.8 Å². The van der Waals surface area contributed by atoms with Crippen LogP contribution in [0, 0.1) is 10.1 Å². The highest BCUT2D eigenvalue weighted by Gasteiger charge is 2.13. The number of halogens is 2. The first-order valence-corrected chi connectivity index (χ1v) is 9.51. The third-order valence-corrected chi connectivity index (χ3v) is 5.01. The molecule has 27 heavy (non-hydrogen) atoms. The highest BCUT2D eigenvalue weighted by atomic mass is 35.5. The molecule has 3 rings (SSSR count). The third-order valence-electron chi connectivity index (χ3n) is 3.46. The van der Waals surface area contributed by atoms with Crippen LogP contribution in [0.25, 0.3) is 0 Å². The number of nitrogens with zero attached hydrogens (tertiary/aromatic N) is 5. The number of nitro groups is 1. The third kappa shape index (κ3) is 4.68. The molecule has 0 atom stereocenters. The van der Waals surface area contributed by atoms with Gasteiger partial charge in [-0.2, -0.15) is 9.78 Å². The molecule has 140 valence electrons. The van der Waals surface area contributed by atoms with E-state index in [9.17, 15) is 10.1 Å². The summed E-state index contributed by atoms with van der Waals surface area (Å²) in [6, 6.07) is 8.05. The van der Waals surface area contributed by atoms with Gasteiger partial charge in [-0.25, -0.2) is 0 Å². The predicted molar refractivity (Wildman–Crippen MR) is 104 cm³/mol. The molecule has 11 heteroatoms. The van der Waals surface area contributed by atoms with Crippen molar-refractivity contribution in [2.24, 2.45) is 5.10 Å². The maximum atomic E-state index is 10.7. The van der Waals surface area contributed by atoms with Crippen molar-refractivity contribution in [3.05, 3.63) is 67.6 Å². The minimum Gasteiger partial charge on any atom is -0.400 e. The maximum absolute atomic E-state index is 10.7. The zero-order chi connectivity index (χ0) is 19.4. The van der Waals surface area contributed by atoms with E-state index in [2.05, 4.69) is 15.3 Å². The fourth-order valence-electron chi connectivity index (χ4n) is 2.13. The van der Waals surface area contributed by atoms with Crippen LogP contribution in [0.4, 0.5) is 5.88 Å². The van der Waals surface area contributed by atoms with Gasteiger partial charge in [0.1, 0.15) is 4.92 Å². The highest BCUT2D eigenvalue weighted by Crippen LogP contribution is 2.28. The first-order valence-electron chi connectivity index (χ1n) is 7.77. The van der Waals surface area contributed by atoms with Gasteiger partial charge < -0.3 is 4.42 Å². The Labute approximate surface area is 168 Å². The largest absolute Gasteiger partial charge is 0.433 e. The molecule has 0 fully saturated rings. The summed E-state index contributed by atoms with van der Waals surface area (Å²) in [5, 5.41) is 25.0. The van der Waals surface area contributed by atoms with Gasteiger partial charge in [-0.3, -0.25) is 10.1 Å². The molecule has 0 saturated heterocycles. The Morgan fingerprint density at radius 3 is 2.81 bits per heavy atom. The van der Waals surface area contributed by atoms with Gasteiger partial charge in [0.2, 0.25) is 5.16 Å². The smallest absolute Gasteiger partial charge is 0.400 e. The van der Waals surface area contributed by atoms with Crippen molar-refractivity contribution in [3.8, 4) is 0 Å². The van der Waals surface area contributed by atoms with Gasteiger partial charge in [-0.05, 0) is 23.8 Å². The molecule has 0 aliphatic carbocycles. The molecule has 0 amide bonds. The molecule has 0 aliphatic heterocycles. The normalized spacial score (nSPS) is 11.4. The summed E-state index contributed by atoms with van der Waals surface area (Å²) in [5.74, 6) is 1.12. The Hall–Kier alpha value is -2.36. The summed E-state index contributed by atoms with van der Waals surface area (Å²) in [4.78, 5) is 10.1. The van der Waals surface area contributed by atoms with Crippen LogP contribution in [0.1, 0.15) is 24.1 Å². The van der Waals surface area contributed by atoms with E-state index in [1.807, 2.05) is 13.0 Å². The molecule has 1 aromatic carbocycles. The van der Waals surface area contributed by atoms with Crippen molar-refractivity contribution in [3.63, 3.8) is 0 Å².